The van der Waals surface area contributed by atoms with Gasteiger partial charge in [-0.1, -0.05) is 11.6 Å². The number of aldehydes is 1. The number of thioether (sulfide) groups is 1. The van der Waals surface area contributed by atoms with Crippen molar-refractivity contribution in [3.8, 4) is 0 Å². The van der Waals surface area contributed by atoms with Crippen LogP contribution in [-0.4, -0.2) is 30.5 Å². The van der Waals surface area contributed by atoms with Gasteiger partial charge in [0.05, 0.1) is 0 Å². The number of halogens is 1. The SMILES string of the molecule is Cc1cc(SC(=O)N(C)C)c(C=O)cc1Cl. The van der Waals surface area contributed by atoms with Gasteiger partial charge in [-0.05, 0) is 36.4 Å². The Bertz CT molecular complexity index is 432. The summed E-state index contributed by atoms with van der Waals surface area (Å²) >= 11 is 6.92. The zero-order valence-electron chi connectivity index (χ0n) is 9.28. The average Bonchev–Trinajstić information content (AvgIpc) is 2.22. The highest BCUT2D eigenvalue weighted by Crippen LogP contribution is 2.28. The number of carbonyl (C=O) groups excluding carboxylic acids is 2. The molecule has 0 aliphatic carbocycles. The van der Waals surface area contributed by atoms with Crippen LogP contribution in [-0.2, 0) is 0 Å². The molecule has 1 aromatic carbocycles. The minimum absolute atomic E-state index is 0.121. The molecule has 0 saturated heterocycles. The van der Waals surface area contributed by atoms with E-state index in [1.165, 1.54) is 4.90 Å². The van der Waals surface area contributed by atoms with Crippen LogP contribution in [0.25, 0.3) is 0 Å². The number of carbonyl (C=O) groups is 2. The highest BCUT2D eigenvalue weighted by atomic mass is 35.5. The van der Waals surface area contributed by atoms with E-state index < -0.39 is 0 Å². The molecule has 0 radical (unpaired) electrons. The van der Waals surface area contributed by atoms with Gasteiger partial charge < -0.3 is 4.90 Å². The van der Waals surface area contributed by atoms with E-state index in [0.29, 0.717) is 21.8 Å². The summed E-state index contributed by atoms with van der Waals surface area (Å²) in [5.41, 5.74) is 1.29. The minimum atomic E-state index is -0.121. The van der Waals surface area contributed by atoms with Crippen molar-refractivity contribution in [2.24, 2.45) is 0 Å². The number of benzene rings is 1. The fourth-order valence-electron chi connectivity index (χ4n) is 1.04. The smallest absolute Gasteiger partial charge is 0.285 e. The Morgan fingerprint density at radius 3 is 2.56 bits per heavy atom. The molecular weight excluding hydrogens is 246 g/mol. The van der Waals surface area contributed by atoms with Gasteiger partial charge in [0.2, 0.25) is 0 Å². The first-order valence-electron chi connectivity index (χ1n) is 4.60. The fourth-order valence-corrected chi connectivity index (χ4v) is 2.04. The van der Waals surface area contributed by atoms with E-state index in [4.69, 9.17) is 11.6 Å². The molecule has 5 heteroatoms. The first-order valence-corrected chi connectivity index (χ1v) is 5.79. The summed E-state index contributed by atoms with van der Waals surface area (Å²) < 4.78 is 0. The molecule has 0 spiro atoms. The summed E-state index contributed by atoms with van der Waals surface area (Å²) in [5, 5.41) is 0.411. The van der Waals surface area contributed by atoms with Crippen molar-refractivity contribution in [3.63, 3.8) is 0 Å². The van der Waals surface area contributed by atoms with E-state index in [-0.39, 0.29) is 5.24 Å². The number of nitrogens with zero attached hydrogens (tertiary/aromatic N) is 1. The maximum Gasteiger partial charge on any atom is 0.285 e. The zero-order chi connectivity index (χ0) is 12.3. The van der Waals surface area contributed by atoms with Crippen LogP contribution in [0.15, 0.2) is 17.0 Å². The minimum Gasteiger partial charge on any atom is -0.339 e. The Kier molecular flexibility index (Phi) is 4.38. The van der Waals surface area contributed by atoms with Gasteiger partial charge in [0, 0.05) is 29.6 Å². The van der Waals surface area contributed by atoms with Crippen LogP contribution in [0.4, 0.5) is 4.79 Å². The molecule has 0 bridgehead atoms. The van der Waals surface area contributed by atoms with Gasteiger partial charge in [-0.15, -0.1) is 0 Å². The molecule has 0 aliphatic heterocycles. The average molecular weight is 258 g/mol. The third-order valence-electron chi connectivity index (χ3n) is 1.98. The lowest BCUT2D eigenvalue weighted by Gasteiger charge is -2.11. The summed E-state index contributed by atoms with van der Waals surface area (Å²) in [7, 11) is 3.33. The Hall–Kier alpha value is -1.00. The van der Waals surface area contributed by atoms with E-state index in [2.05, 4.69) is 0 Å². The molecule has 0 atom stereocenters. The third kappa shape index (κ3) is 3.00. The Morgan fingerprint density at radius 2 is 2.06 bits per heavy atom. The molecule has 1 amide bonds. The van der Waals surface area contributed by atoms with Crippen LogP contribution in [0.2, 0.25) is 5.02 Å². The van der Waals surface area contributed by atoms with E-state index in [9.17, 15) is 9.59 Å². The van der Waals surface area contributed by atoms with Crippen molar-refractivity contribution >= 4 is 34.9 Å². The highest BCUT2D eigenvalue weighted by molar-refractivity contribution is 8.13. The first kappa shape index (κ1) is 13.1. The molecule has 0 unspecified atom stereocenters. The van der Waals surface area contributed by atoms with Crippen molar-refractivity contribution in [1.82, 2.24) is 4.90 Å². The molecule has 0 aromatic heterocycles. The fraction of sp³-hybridized carbons (Fsp3) is 0.273. The largest absolute Gasteiger partial charge is 0.339 e. The summed E-state index contributed by atoms with van der Waals surface area (Å²) in [4.78, 5) is 24.5. The lowest BCUT2D eigenvalue weighted by molar-refractivity contribution is 0.112. The molecular formula is C11H12ClNO2S. The van der Waals surface area contributed by atoms with Gasteiger partial charge in [0.1, 0.15) is 0 Å². The number of hydrogen-bond donors (Lipinski definition) is 0. The zero-order valence-corrected chi connectivity index (χ0v) is 10.9. The molecule has 0 aliphatic rings. The molecule has 0 fully saturated rings. The van der Waals surface area contributed by atoms with Crippen LogP contribution < -0.4 is 0 Å². The van der Waals surface area contributed by atoms with E-state index in [0.717, 1.165) is 17.3 Å². The Morgan fingerprint density at radius 1 is 1.44 bits per heavy atom. The van der Waals surface area contributed by atoms with Crippen molar-refractivity contribution in [2.45, 2.75) is 11.8 Å². The third-order valence-corrected chi connectivity index (χ3v) is 3.50. The van der Waals surface area contributed by atoms with Gasteiger partial charge in [-0.2, -0.15) is 0 Å². The normalized spacial score (nSPS) is 10.0. The molecule has 0 N–H and O–H groups in total. The summed E-state index contributed by atoms with van der Waals surface area (Å²) in [6.07, 6.45) is 0.705. The van der Waals surface area contributed by atoms with Crippen molar-refractivity contribution < 1.29 is 9.59 Å². The topological polar surface area (TPSA) is 37.4 Å². The summed E-state index contributed by atoms with van der Waals surface area (Å²) in [6, 6.07) is 3.33. The monoisotopic (exact) mass is 257 g/mol. The summed E-state index contributed by atoms with van der Waals surface area (Å²) in [5.74, 6) is 0. The molecule has 86 valence electrons. The molecule has 0 saturated carbocycles. The quantitative estimate of drug-likeness (QED) is 0.603. The molecule has 16 heavy (non-hydrogen) atoms. The van der Waals surface area contributed by atoms with Crippen molar-refractivity contribution in [2.75, 3.05) is 14.1 Å². The predicted molar refractivity (Wildman–Crippen MR) is 66.5 cm³/mol. The second kappa shape index (κ2) is 5.37. The maximum absolute atomic E-state index is 11.5. The van der Waals surface area contributed by atoms with E-state index >= 15 is 0 Å². The number of rotatable bonds is 2. The van der Waals surface area contributed by atoms with Gasteiger partial charge in [0.25, 0.3) is 5.24 Å². The van der Waals surface area contributed by atoms with E-state index in [1.807, 2.05) is 6.92 Å². The molecule has 1 rings (SSSR count). The number of aryl methyl sites for hydroxylation is 1. The predicted octanol–water partition coefficient (Wildman–Crippen LogP) is 3.23. The van der Waals surface area contributed by atoms with Crippen LogP contribution in [0.3, 0.4) is 0 Å². The Balaban J connectivity index is 3.08. The van der Waals surface area contributed by atoms with Gasteiger partial charge in [0.15, 0.2) is 6.29 Å². The van der Waals surface area contributed by atoms with Crippen molar-refractivity contribution in [3.05, 3.63) is 28.3 Å². The van der Waals surface area contributed by atoms with Crippen LogP contribution >= 0.6 is 23.4 Å². The van der Waals surface area contributed by atoms with Gasteiger partial charge >= 0.3 is 0 Å². The lowest BCUT2D eigenvalue weighted by Crippen LogP contribution is -2.16. The first-order chi connectivity index (χ1) is 7.45. The second-order valence-corrected chi connectivity index (χ2v) is 4.92. The number of amides is 1. The van der Waals surface area contributed by atoms with Crippen LogP contribution in [0.5, 0.6) is 0 Å². The lowest BCUT2D eigenvalue weighted by atomic mass is 10.2. The van der Waals surface area contributed by atoms with Gasteiger partial charge in [-0.3, -0.25) is 9.59 Å². The summed E-state index contributed by atoms with van der Waals surface area (Å²) in [6.45, 7) is 1.83. The van der Waals surface area contributed by atoms with Gasteiger partial charge in [-0.25, -0.2) is 0 Å². The maximum atomic E-state index is 11.5. The highest BCUT2D eigenvalue weighted by Gasteiger charge is 2.12. The number of hydrogen-bond acceptors (Lipinski definition) is 3. The van der Waals surface area contributed by atoms with Crippen LogP contribution in [0.1, 0.15) is 15.9 Å². The standard InChI is InChI=1S/C11H12ClNO2S/c1-7-4-10(16-11(15)13(2)3)8(6-14)5-9(7)12/h4-6H,1-3H3. The van der Waals surface area contributed by atoms with Crippen molar-refractivity contribution in [1.29, 1.82) is 0 Å². The molecule has 1 aromatic rings. The molecule has 0 heterocycles. The van der Waals surface area contributed by atoms with E-state index in [1.54, 1.807) is 26.2 Å². The molecule has 3 nitrogen and oxygen atoms in total. The second-order valence-electron chi connectivity index (χ2n) is 3.52. The Labute approximate surface area is 104 Å². The van der Waals surface area contributed by atoms with Crippen LogP contribution in [0, 0.1) is 6.92 Å².